The third kappa shape index (κ3) is 5.11. The molecular weight excluding hydrogens is 368 g/mol. The van der Waals surface area contributed by atoms with E-state index in [0.717, 1.165) is 30.1 Å². The number of hydrogen-bond donors (Lipinski definition) is 0. The monoisotopic (exact) mass is 388 g/mol. The SMILES string of the molecule is CCN(CC)Cc1sc(CC(C)=O)nc1-c1cc(F)cc(C(F)(F)F)c1. The minimum atomic E-state index is -4.64. The normalized spacial score (nSPS) is 12.0. The highest BCUT2D eigenvalue weighted by Gasteiger charge is 2.32. The van der Waals surface area contributed by atoms with Crippen LogP contribution in [0.1, 0.15) is 36.2 Å². The van der Waals surface area contributed by atoms with Gasteiger partial charge in [0.15, 0.2) is 0 Å². The average Bonchev–Trinajstić information content (AvgIpc) is 2.92. The molecule has 0 amide bonds. The van der Waals surface area contributed by atoms with Crippen molar-refractivity contribution in [3.05, 3.63) is 39.5 Å². The molecule has 0 aliphatic rings. The van der Waals surface area contributed by atoms with Gasteiger partial charge in [0.05, 0.1) is 17.7 Å². The first-order valence-corrected chi connectivity index (χ1v) is 9.04. The number of halogens is 4. The zero-order chi connectivity index (χ0) is 19.5. The Hall–Kier alpha value is -1.80. The standard InChI is InChI=1S/C18H20F4N2OS/c1-4-24(5-2)10-15-17(23-16(26-15)6-11(3)25)12-7-13(18(20,21)22)9-14(19)8-12/h7-9H,4-6,10H2,1-3H3. The number of ketones is 1. The number of nitrogens with zero attached hydrogens (tertiary/aromatic N) is 2. The van der Waals surface area contributed by atoms with E-state index in [0.29, 0.717) is 23.3 Å². The molecule has 1 aromatic carbocycles. The third-order valence-corrected chi connectivity index (χ3v) is 4.94. The second-order valence-corrected chi connectivity index (χ2v) is 7.11. The van der Waals surface area contributed by atoms with Crippen molar-refractivity contribution in [2.75, 3.05) is 13.1 Å². The summed E-state index contributed by atoms with van der Waals surface area (Å²) in [5.74, 6) is -1.06. The van der Waals surface area contributed by atoms with Crippen LogP contribution in [0, 0.1) is 5.82 Å². The van der Waals surface area contributed by atoms with Gasteiger partial charge in [-0.2, -0.15) is 13.2 Å². The fraction of sp³-hybridized carbons (Fsp3) is 0.444. The summed E-state index contributed by atoms with van der Waals surface area (Å²) in [4.78, 5) is 18.5. The van der Waals surface area contributed by atoms with Gasteiger partial charge in [-0.15, -0.1) is 11.3 Å². The van der Waals surface area contributed by atoms with Crippen LogP contribution >= 0.6 is 11.3 Å². The summed E-state index contributed by atoms with van der Waals surface area (Å²) in [6, 6.07) is 2.42. The number of Topliss-reactive ketones (excluding diaryl/α,β-unsaturated/α-hetero) is 1. The lowest BCUT2D eigenvalue weighted by atomic mass is 10.1. The van der Waals surface area contributed by atoms with Gasteiger partial charge in [-0.3, -0.25) is 9.69 Å². The smallest absolute Gasteiger partial charge is 0.300 e. The van der Waals surface area contributed by atoms with Gasteiger partial charge >= 0.3 is 6.18 Å². The number of benzene rings is 1. The Morgan fingerprint density at radius 3 is 2.38 bits per heavy atom. The number of carbonyl (C=O) groups excluding carboxylic acids is 1. The molecule has 8 heteroatoms. The van der Waals surface area contributed by atoms with Crippen molar-refractivity contribution in [3.8, 4) is 11.3 Å². The Bertz CT molecular complexity index is 782. The average molecular weight is 388 g/mol. The summed E-state index contributed by atoms with van der Waals surface area (Å²) in [6.45, 7) is 7.37. The lowest BCUT2D eigenvalue weighted by molar-refractivity contribution is -0.137. The predicted octanol–water partition coefficient (Wildman–Crippen LogP) is 4.94. The molecule has 1 heterocycles. The molecule has 0 fully saturated rings. The highest BCUT2D eigenvalue weighted by molar-refractivity contribution is 7.12. The number of rotatable bonds is 7. The van der Waals surface area contributed by atoms with Crippen LogP contribution in [0.25, 0.3) is 11.3 Å². The largest absolute Gasteiger partial charge is 0.416 e. The molecule has 0 saturated heterocycles. The van der Waals surface area contributed by atoms with Gasteiger partial charge < -0.3 is 0 Å². The Labute approximate surface area is 153 Å². The molecular formula is C18H20F4N2OS. The van der Waals surface area contributed by atoms with Crippen molar-refractivity contribution in [1.29, 1.82) is 0 Å². The van der Waals surface area contributed by atoms with Crippen LogP contribution in [-0.4, -0.2) is 28.8 Å². The first-order valence-electron chi connectivity index (χ1n) is 8.22. The minimum Gasteiger partial charge on any atom is -0.300 e. The Balaban J connectivity index is 2.54. The van der Waals surface area contributed by atoms with Gasteiger partial charge in [-0.25, -0.2) is 9.37 Å². The lowest BCUT2D eigenvalue weighted by Crippen LogP contribution is -2.21. The predicted molar refractivity (Wildman–Crippen MR) is 93.5 cm³/mol. The first kappa shape index (κ1) is 20.5. The molecule has 0 atom stereocenters. The van der Waals surface area contributed by atoms with Crippen molar-refractivity contribution in [1.82, 2.24) is 9.88 Å². The molecule has 0 aliphatic carbocycles. The van der Waals surface area contributed by atoms with Crippen LogP contribution in [-0.2, 0) is 23.9 Å². The van der Waals surface area contributed by atoms with Crippen LogP contribution in [0.3, 0.4) is 0 Å². The van der Waals surface area contributed by atoms with Crippen molar-refractivity contribution >= 4 is 17.1 Å². The molecule has 3 nitrogen and oxygen atoms in total. The van der Waals surface area contributed by atoms with E-state index in [1.165, 1.54) is 18.3 Å². The maximum Gasteiger partial charge on any atom is 0.416 e. The molecule has 1 aromatic heterocycles. The van der Waals surface area contributed by atoms with E-state index in [-0.39, 0.29) is 17.8 Å². The van der Waals surface area contributed by atoms with E-state index < -0.39 is 17.6 Å². The highest BCUT2D eigenvalue weighted by atomic mass is 32.1. The van der Waals surface area contributed by atoms with Gasteiger partial charge in [0.2, 0.25) is 0 Å². The summed E-state index contributed by atoms with van der Waals surface area (Å²) >= 11 is 1.28. The lowest BCUT2D eigenvalue weighted by Gasteiger charge is -2.17. The van der Waals surface area contributed by atoms with E-state index in [1.807, 2.05) is 13.8 Å². The Morgan fingerprint density at radius 2 is 1.85 bits per heavy atom. The maximum absolute atomic E-state index is 13.8. The van der Waals surface area contributed by atoms with Crippen LogP contribution in [0.2, 0.25) is 0 Å². The quantitative estimate of drug-likeness (QED) is 0.630. The van der Waals surface area contributed by atoms with Gasteiger partial charge in [0.1, 0.15) is 16.6 Å². The second kappa shape index (κ2) is 8.26. The fourth-order valence-corrected chi connectivity index (χ4v) is 3.77. The van der Waals surface area contributed by atoms with E-state index in [9.17, 15) is 22.4 Å². The van der Waals surface area contributed by atoms with Crippen LogP contribution in [0.5, 0.6) is 0 Å². The molecule has 0 unspecified atom stereocenters. The maximum atomic E-state index is 13.8. The summed E-state index contributed by atoms with van der Waals surface area (Å²) in [5.41, 5.74) is -0.670. The van der Waals surface area contributed by atoms with Crippen molar-refractivity contribution in [2.45, 2.75) is 39.9 Å². The molecule has 0 saturated carbocycles. The number of hydrogen-bond acceptors (Lipinski definition) is 4. The molecule has 26 heavy (non-hydrogen) atoms. The topological polar surface area (TPSA) is 33.2 Å². The van der Waals surface area contributed by atoms with Gasteiger partial charge in [0.25, 0.3) is 0 Å². The van der Waals surface area contributed by atoms with Crippen LogP contribution in [0.4, 0.5) is 17.6 Å². The summed E-state index contributed by atoms with van der Waals surface area (Å²) in [5, 5.41) is 0.521. The van der Waals surface area contributed by atoms with Crippen molar-refractivity contribution in [3.63, 3.8) is 0 Å². The molecule has 0 radical (unpaired) electrons. The number of aromatic nitrogens is 1. The molecule has 2 rings (SSSR count). The molecule has 0 spiro atoms. The molecule has 0 N–H and O–H groups in total. The van der Waals surface area contributed by atoms with Crippen LogP contribution < -0.4 is 0 Å². The summed E-state index contributed by atoms with van der Waals surface area (Å²) in [7, 11) is 0. The van der Waals surface area contributed by atoms with Gasteiger partial charge in [0, 0.05) is 17.0 Å². The van der Waals surface area contributed by atoms with E-state index in [4.69, 9.17) is 0 Å². The van der Waals surface area contributed by atoms with Gasteiger partial charge in [-0.1, -0.05) is 13.8 Å². The Morgan fingerprint density at radius 1 is 1.19 bits per heavy atom. The van der Waals surface area contributed by atoms with E-state index >= 15 is 0 Å². The molecule has 142 valence electrons. The highest BCUT2D eigenvalue weighted by Crippen LogP contribution is 2.35. The third-order valence-electron chi connectivity index (χ3n) is 3.90. The molecule has 2 aromatic rings. The minimum absolute atomic E-state index is 0.0746. The zero-order valence-corrected chi connectivity index (χ0v) is 15.6. The van der Waals surface area contributed by atoms with Crippen LogP contribution in [0.15, 0.2) is 18.2 Å². The zero-order valence-electron chi connectivity index (χ0n) is 14.8. The molecule has 0 aliphatic heterocycles. The summed E-state index contributed by atoms with van der Waals surface area (Å²) in [6.07, 6.45) is -4.54. The summed E-state index contributed by atoms with van der Waals surface area (Å²) < 4.78 is 52.9. The van der Waals surface area contributed by atoms with Crippen molar-refractivity contribution < 1.29 is 22.4 Å². The number of thiazole rings is 1. The van der Waals surface area contributed by atoms with E-state index in [1.54, 1.807) is 0 Å². The fourth-order valence-electron chi connectivity index (χ4n) is 2.56. The number of alkyl halides is 3. The second-order valence-electron chi connectivity index (χ2n) is 5.95. The van der Waals surface area contributed by atoms with Crippen molar-refractivity contribution in [2.24, 2.45) is 0 Å². The van der Waals surface area contributed by atoms with E-state index in [2.05, 4.69) is 9.88 Å². The number of carbonyl (C=O) groups is 1. The van der Waals surface area contributed by atoms with Gasteiger partial charge in [-0.05, 0) is 38.2 Å². The Kier molecular flexibility index (Phi) is 6.52. The first-order chi connectivity index (χ1) is 12.1. The molecule has 0 bridgehead atoms.